The number of hydrogen-bond acceptors (Lipinski definition) is 7. The van der Waals surface area contributed by atoms with Gasteiger partial charge in [-0.2, -0.15) is 17.6 Å². The first-order chi connectivity index (χ1) is 16.2. The number of nitrogens with one attached hydrogen (secondary N) is 2. The maximum absolute atomic E-state index is 14.4. The molecule has 2 N–H and O–H groups in total. The summed E-state index contributed by atoms with van der Waals surface area (Å²) in [6.07, 6.45) is -3.44. The highest BCUT2D eigenvalue weighted by atomic mass is 32.2. The highest BCUT2D eigenvalue weighted by molar-refractivity contribution is 7.91. The molecule has 1 aromatic carbocycles. The molecule has 1 aliphatic rings. The van der Waals surface area contributed by atoms with E-state index in [0.717, 1.165) is 30.4 Å². The Morgan fingerprint density at radius 1 is 1.34 bits per heavy atom. The Labute approximate surface area is 198 Å². The zero-order valence-corrected chi connectivity index (χ0v) is 19.7. The number of pyridine rings is 1. The zero-order valence-electron chi connectivity index (χ0n) is 18.9. The molecule has 1 fully saturated rings. The third-order valence-corrected chi connectivity index (χ3v) is 6.53. The minimum absolute atomic E-state index is 0.0416. The van der Waals surface area contributed by atoms with Gasteiger partial charge in [-0.25, -0.2) is 18.4 Å². The van der Waals surface area contributed by atoms with Crippen molar-refractivity contribution in [3.8, 4) is 5.75 Å². The lowest BCUT2D eigenvalue weighted by molar-refractivity contribution is -0.268. The van der Waals surface area contributed by atoms with Crippen molar-refractivity contribution < 1.29 is 40.4 Å². The van der Waals surface area contributed by atoms with Crippen LogP contribution in [0.3, 0.4) is 0 Å². The Balaban J connectivity index is 2.07. The molecule has 3 rings (SSSR count). The van der Waals surface area contributed by atoms with E-state index in [9.17, 15) is 31.0 Å². The van der Waals surface area contributed by atoms with Crippen LogP contribution in [0.5, 0.6) is 5.75 Å². The topological polar surface area (TPSA) is 105 Å². The fourth-order valence-corrected chi connectivity index (χ4v) is 4.51. The van der Waals surface area contributed by atoms with E-state index in [1.54, 1.807) is 0 Å². The molecule has 1 aromatic heterocycles. The van der Waals surface area contributed by atoms with Gasteiger partial charge >= 0.3 is 6.18 Å². The first-order valence-corrected chi connectivity index (χ1v) is 12.2. The first kappa shape index (κ1) is 26.6. The number of nitrogens with zero attached hydrogens (tertiary/aromatic N) is 2. The standard InChI is InChI=1S/C21H23F5N4O4S/c1-4-34-20(21(24,25)26)10-15(19(31)29-12-7-8-28-16(9-12)35(3,27)32)30(11-20)14-6-5-13(22)17(23)18(14)33-2/h5-9,15,27H,4,10-11H2,1-3H3,(H,28,29,31)/t15-,20+,35-/m1/s1. The van der Waals surface area contributed by atoms with Crippen LogP contribution in [0.25, 0.3) is 0 Å². The van der Waals surface area contributed by atoms with Crippen molar-refractivity contribution in [2.75, 3.05) is 36.7 Å². The Bertz CT molecular complexity index is 1220. The summed E-state index contributed by atoms with van der Waals surface area (Å²) in [5.41, 5.74) is -3.00. The molecule has 2 aromatic rings. The normalized spacial score (nSPS) is 22.1. The molecular formula is C21H23F5N4O4S. The fourth-order valence-electron chi connectivity index (χ4n) is 3.90. The maximum atomic E-state index is 14.4. The van der Waals surface area contributed by atoms with E-state index in [1.807, 2.05) is 0 Å². The molecule has 0 aliphatic carbocycles. The molecule has 0 bridgehead atoms. The number of rotatable bonds is 7. The van der Waals surface area contributed by atoms with E-state index in [-0.39, 0.29) is 23.0 Å². The minimum Gasteiger partial charge on any atom is -0.491 e. The maximum Gasteiger partial charge on any atom is 0.419 e. The Hall–Kier alpha value is -3.00. The van der Waals surface area contributed by atoms with E-state index in [1.165, 1.54) is 25.3 Å². The first-order valence-electron chi connectivity index (χ1n) is 10.2. The summed E-state index contributed by atoms with van der Waals surface area (Å²) in [6.45, 7) is 0.157. The van der Waals surface area contributed by atoms with Gasteiger partial charge in [0, 0.05) is 31.2 Å². The molecule has 0 unspecified atom stereocenters. The number of benzene rings is 1. The van der Waals surface area contributed by atoms with Gasteiger partial charge in [0.2, 0.25) is 11.7 Å². The van der Waals surface area contributed by atoms with Crippen LogP contribution in [0.1, 0.15) is 13.3 Å². The molecule has 1 amide bonds. The largest absolute Gasteiger partial charge is 0.491 e. The van der Waals surface area contributed by atoms with Crippen LogP contribution in [0.4, 0.5) is 33.3 Å². The average molecular weight is 522 g/mol. The molecular weight excluding hydrogens is 499 g/mol. The summed E-state index contributed by atoms with van der Waals surface area (Å²) in [5, 5.41) is 2.29. The van der Waals surface area contributed by atoms with Gasteiger partial charge in [0.05, 0.1) is 29.1 Å². The molecule has 1 saturated heterocycles. The number of hydrogen-bond donors (Lipinski definition) is 2. The van der Waals surface area contributed by atoms with Crippen LogP contribution >= 0.6 is 0 Å². The Morgan fingerprint density at radius 3 is 2.60 bits per heavy atom. The summed E-state index contributed by atoms with van der Waals surface area (Å²) in [5.74, 6) is -4.28. The second kappa shape index (κ2) is 9.57. The average Bonchev–Trinajstić information content (AvgIpc) is 3.16. The van der Waals surface area contributed by atoms with Gasteiger partial charge in [0.25, 0.3) is 0 Å². The van der Waals surface area contributed by atoms with Crippen LogP contribution in [-0.2, 0) is 19.3 Å². The van der Waals surface area contributed by atoms with Crippen molar-refractivity contribution in [2.45, 2.75) is 36.2 Å². The summed E-state index contributed by atoms with van der Waals surface area (Å²) in [7, 11) is -2.21. The van der Waals surface area contributed by atoms with Crippen LogP contribution < -0.4 is 15.0 Å². The highest BCUT2D eigenvalue weighted by Crippen LogP contribution is 2.47. The minimum atomic E-state index is -4.90. The molecule has 3 atom stereocenters. The van der Waals surface area contributed by atoms with E-state index in [4.69, 9.17) is 14.3 Å². The number of amides is 1. The third kappa shape index (κ3) is 5.17. The van der Waals surface area contributed by atoms with E-state index >= 15 is 0 Å². The quantitative estimate of drug-likeness (QED) is 0.534. The smallest absolute Gasteiger partial charge is 0.419 e. The number of methoxy groups -OCH3 is 1. The number of anilines is 2. The molecule has 192 valence electrons. The van der Waals surface area contributed by atoms with Crippen molar-refractivity contribution in [3.05, 3.63) is 42.1 Å². The lowest BCUT2D eigenvalue weighted by Gasteiger charge is -2.32. The highest BCUT2D eigenvalue weighted by Gasteiger charge is 2.63. The van der Waals surface area contributed by atoms with Crippen LogP contribution in [0.2, 0.25) is 0 Å². The molecule has 35 heavy (non-hydrogen) atoms. The van der Waals surface area contributed by atoms with Gasteiger partial charge in [0.15, 0.2) is 17.2 Å². The summed E-state index contributed by atoms with van der Waals surface area (Å²) in [6, 6.07) is 2.68. The summed E-state index contributed by atoms with van der Waals surface area (Å²) in [4.78, 5) is 18.0. The number of ether oxygens (including phenoxy) is 2. The predicted octanol–water partition coefficient (Wildman–Crippen LogP) is 3.96. The van der Waals surface area contributed by atoms with E-state index in [2.05, 4.69) is 10.3 Å². The molecule has 8 nitrogen and oxygen atoms in total. The van der Waals surface area contributed by atoms with E-state index < -0.39 is 63.8 Å². The Morgan fingerprint density at radius 2 is 2.03 bits per heavy atom. The summed E-state index contributed by atoms with van der Waals surface area (Å²) < 4.78 is 100. The second-order valence-corrected chi connectivity index (χ2v) is 10.0. The van der Waals surface area contributed by atoms with Crippen molar-refractivity contribution in [3.63, 3.8) is 0 Å². The van der Waals surface area contributed by atoms with Crippen LogP contribution in [-0.4, -0.2) is 59.4 Å². The van der Waals surface area contributed by atoms with Gasteiger partial charge in [-0.05, 0) is 31.2 Å². The molecule has 1 aliphatic heterocycles. The van der Waals surface area contributed by atoms with Gasteiger partial charge in [-0.1, -0.05) is 0 Å². The third-order valence-electron chi connectivity index (χ3n) is 5.51. The summed E-state index contributed by atoms with van der Waals surface area (Å²) >= 11 is 0. The lowest BCUT2D eigenvalue weighted by Crippen LogP contribution is -2.50. The SMILES string of the molecule is CCO[C@@]1(C(F)(F)F)C[C@H](C(=O)Nc2ccnc([S@](C)(=N)=O)c2)N(c2ccc(F)c(F)c2OC)C1. The molecule has 0 spiro atoms. The number of halogens is 5. The number of carbonyl (C=O) groups excluding carboxylic acids is 1. The molecule has 2 heterocycles. The van der Waals surface area contributed by atoms with Gasteiger partial charge in [0.1, 0.15) is 11.1 Å². The van der Waals surface area contributed by atoms with Gasteiger partial charge in [-0.15, -0.1) is 0 Å². The molecule has 14 heteroatoms. The molecule has 0 saturated carbocycles. The van der Waals surface area contributed by atoms with Gasteiger partial charge < -0.3 is 19.7 Å². The number of aromatic nitrogens is 1. The second-order valence-electron chi connectivity index (χ2n) is 7.90. The molecule has 0 radical (unpaired) electrons. The monoisotopic (exact) mass is 522 g/mol. The van der Waals surface area contributed by atoms with Crippen molar-refractivity contribution in [1.82, 2.24) is 4.98 Å². The Kier molecular flexibility index (Phi) is 7.27. The zero-order chi connectivity index (χ0) is 26.2. The number of alkyl halides is 3. The predicted molar refractivity (Wildman–Crippen MR) is 117 cm³/mol. The van der Waals surface area contributed by atoms with Crippen molar-refractivity contribution in [1.29, 1.82) is 4.78 Å². The lowest BCUT2D eigenvalue weighted by atomic mass is 9.98. The van der Waals surface area contributed by atoms with Crippen LogP contribution in [0.15, 0.2) is 35.5 Å². The van der Waals surface area contributed by atoms with Gasteiger partial charge in [-0.3, -0.25) is 4.79 Å². The van der Waals surface area contributed by atoms with Crippen LogP contribution in [0, 0.1) is 16.4 Å². The fraction of sp³-hybridized carbons (Fsp3) is 0.429. The van der Waals surface area contributed by atoms with E-state index in [0.29, 0.717) is 0 Å². The van der Waals surface area contributed by atoms with Crippen molar-refractivity contribution >= 4 is 27.0 Å². The van der Waals surface area contributed by atoms with Crippen molar-refractivity contribution in [2.24, 2.45) is 0 Å². The number of carbonyl (C=O) groups is 1.